The SMILES string of the molecule is Cc1ccc(-c2csc3ncn(Cc4nc5ccccc5s4)c(=O)c23)s1. The van der Waals surface area contributed by atoms with E-state index in [2.05, 4.69) is 35.1 Å². The Kier molecular flexibility index (Phi) is 3.74. The predicted molar refractivity (Wildman–Crippen MR) is 111 cm³/mol. The van der Waals surface area contributed by atoms with Crippen LogP contribution in [0.25, 0.3) is 30.9 Å². The van der Waals surface area contributed by atoms with E-state index >= 15 is 0 Å². The van der Waals surface area contributed by atoms with Gasteiger partial charge < -0.3 is 0 Å². The summed E-state index contributed by atoms with van der Waals surface area (Å²) in [6.07, 6.45) is 1.64. The Balaban J connectivity index is 1.62. The monoisotopic (exact) mass is 395 g/mol. The number of benzene rings is 1. The summed E-state index contributed by atoms with van der Waals surface area (Å²) in [7, 11) is 0. The van der Waals surface area contributed by atoms with Gasteiger partial charge in [-0.1, -0.05) is 12.1 Å². The van der Waals surface area contributed by atoms with Crippen LogP contribution in [0.4, 0.5) is 0 Å². The van der Waals surface area contributed by atoms with E-state index < -0.39 is 0 Å². The Bertz CT molecular complexity index is 1280. The highest BCUT2D eigenvalue weighted by atomic mass is 32.1. The zero-order valence-electron chi connectivity index (χ0n) is 13.8. The van der Waals surface area contributed by atoms with Gasteiger partial charge in [0.25, 0.3) is 5.56 Å². The summed E-state index contributed by atoms with van der Waals surface area (Å²) in [5, 5.41) is 3.66. The molecular weight excluding hydrogens is 382 g/mol. The normalized spacial score (nSPS) is 11.6. The summed E-state index contributed by atoms with van der Waals surface area (Å²) in [6, 6.07) is 12.2. The van der Waals surface area contributed by atoms with Gasteiger partial charge in [0.2, 0.25) is 0 Å². The fourth-order valence-electron chi connectivity index (χ4n) is 2.97. The molecule has 4 heterocycles. The second-order valence-electron chi connectivity index (χ2n) is 5.99. The molecule has 0 unspecified atom stereocenters. The second kappa shape index (κ2) is 6.12. The van der Waals surface area contributed by atoms with Gasteiger partial charge in [0.1, 0.15) is 9.84 Å². The molecule has 5 rings (SSSR count). The van der Waals surface area contributed by atoms with E-state index in [1.165, 1.54) is 16.2 Å². The molecule has 128 valence electrons. The first-order chi connectivity index (χ1) is 12.7. The molecule has 1 aromatic carbocycles. The lowest BCUT2D eigenvalue weighted by atomic mass is 10.2. The standard InChI is InChI=1S/C19H13N3OS3/c1-11-6-7-14(25-11)12-9-24-18-17(12)19(23)22(10-20-18)8-16-21-13-4-2-3-5-15(13)26-16/h2-7,9-10H,8H2,1H3. The maximum atomic E-state index is 13.1. The molecule has 0 fully saturated rings. The summed E-state index contributed by atoms with van der Waals surface area (Å²) >= 11 is 4.84. The number of hydrogen-bond acceptors (Lipinski definition) is 6. The Morgan fingerprint density at radius 1 is 1.12 bits per heavy atom. The number of para-hydroxylation sites is 1. The lowest BCUT2D eigenvalue weighted by Gasteiger charge is -2.03. The molecule has 0 spiro atoms. The molecule has 0 aliphatic carbocycles. The zero-order chi connectivity index (χ0) is 17.7. The highest BCUT2D eigenvalue weighted by molar-refractivity contribution is 7.19. The van der Waals surface area contributed by atoms with E-state index in [4.69, 9.17) is 0 Å². The highest BCUT2D eigenvalue weighted by Gasteiger charge is 2.15. The van der Waals surface area contributed by atoms with Crippen LogP contribution >= 0.6 is 34.0 Å². The summed E-state index contributed by atoms with van der Waals surface area (Å²) in [4.78, 5) is 25.4. The van der Waals surface area contributed by atoms with E-state index in [9.17, 15) is 4.79 Å². The lowest BCUT2D eigenvalue weighted by Crippen LogP contribution is -2.20. The highest BCUT2D eigenvalue weighted by Crippen LogP contribution is 2.35. The molecule has 0 amide bonds. The summed E-state index contributed by atoms with van der Waals surface area (Å²) in [5.74, 6) is 0. The Labute approximate surface area is 161 Å². The van der Waals surface area contributed by atoms with Gasteiger partial charge in [-0.25, -0.2) is 9.97 Å². The van der Waals surface area contributed by atoms with E-state index in [-0.39, 0.29) is 5.56 Å². The third-order valence-electron chi connectivity index (χ3n) is 4.21. The molecule has 0 N–H and O–H groups in total. The van der Waals surface area contributed by atoms with E-state index in [1.807, 2.05) is 23.6 Å². The molecule has 0 aliphatic rings. The second-order valence-corrected chi connectivity index (χ2v) is 9.25. The van der Waals surface area contributed by atoms with Crippen LogP contribution in [-0.2, 0) is 6.54 Å². The van der Waals surface area contributed by atoms with Crippen LogP contribution in [0.3, 0.4) is 0 Å². The van der Waals surface area contributed by atoms with Crippen molar-refractivity contribution in [2.75, 3.05) is 0 Å². The lowest BCUT2D eigenvalue weighted by molar-refractivity contribution is 0.746. The number of fused-ring (bicyclic) bond motifs is 2. The van der Waals surface area contributed by atoms with Crippen molar-refractivity contribution in [2.24, 2.45) is 0 Å². The molecule has 0 radical (unpaired) electrons. The molecule has 0 atom stereocenters. The van der Waals surface area contributed by atoms with Crippen LogP contribution in [0, 0.1) is 6.92 Å². The summed E-state index contributed by atoms with van der Waals surface area (Å²) < 4.78 is 2.80. The number of rotatable bonds is 3. The number of nitrogens with zero attached hydrogens (tertiary/aromatic N) is 3. The van der Waals surface area contributed by atoms with Crippen LogP contribution in [0.15, 0.2) is 52.9 Å². The topological polar surface area (TPSA) is 47.8 Å². The number of thiazole rings is 1. The van der Waals surface area contributed by atoms with Gasteiger partial charge in [-0.3, -0.25) is 9.36 Å². The van der Waals surface area contributed by atoms with Gasteiger partial charge in [-0.15, -0.1) is 34.0 Å². The average molecular weight is 396 g/mol. The van der Waals surface area contributed by atoms with Crippen molar-refractivity contribution in [3.8, 4) is 10.4 Å². The van der Waals surface area contributed by atoms with Crippen molar-refractivity contribution in [3.63, 3.8) is 0 Å². The van der Waals surface area contributed by atoms with Gasteiger partial charge in [0.15, 0.2) is 0 Å². The molecule has 4 nitrogen and oxygen atoms in total. The summed E-state index contributed by atoms with van der Waals surface area (Å²) in [6.45, 7) is 2.52. The van der Waals surface area contributed by atoms with Crippen molar-refractivity contribution >= 4 is 54.4 Å². The molecule has 26 heavy (non-hydrogen) atoms. The Morgan fingerprint density at radius 2 is 2.00 bits per heavy atom. The fourth-order valence-corrected chi connectivity index (χ4v) is 5.80. The predicted octanol–water partition coefficient (Wildman–Crippen LogP) is 5.15. The first-order valence-corrected chi connectivity index (χ1v) is 10.6. The van der Waals surface area contributed by atoms with Gasteiger partial charge in [-0.05, 0) is 31.2 Å². The van der Waals surface area contributed by atoms with Gasteiger partial charge >= 0.3 is 0 Å². The molecule has 0 saturated heterocycles. The minimum atomic E-state index is -0.00319. The van der Waals surface area contributed by atoms with Gasteiger partial charge in [0.05, 0.1) is 28.5 Å². The van der Waals surface area contributed by atoms with Crippen LogP contribution < -0.4 is 5.56 Å². The third-order valence-corrected chi connectivity index (χ3v) is 7.15. The van der Waals surface area contributed by atoms with Gasteiger partial charge in [0, 0.05) is 20.7 Å². The molecule has 4 aromatic heterocycles. The molecular formula is C19H13N3OS3. The zero-order valence-corrected chi connectivity index (χ0v) is 16.3. The molecule has 0 aliphatic heterocycles. The first-order valence-electron chi connectivity index (χ1n) is 8.07. The minimum absolute atomic E-state index is 0.00319. The third kappa shape index (κ3) is 2.59. The Morgan fingerprint density at radius 3 is 2.81 bits per heavy atom. The number of aryl methyl sites for hydroxylation is 1. The number of hydrogen-bond donors (Lipinski definition) is 0. The number of aromatic nitrogens is 3. The average Bonchev–Trinajstić information content (AvgIpc) is 3.34. The summed E-state index contributed by atoms with van der Waals surface area (Å²) in [5.41, 5.74) is 1.95. The quantitative estimate of drug-likeness (QED) is 0.424. The maximum Gasteiger partial charge on any atom is 0.263 e. The van der Waals surface area contributed by atoms with Crippen molar-refractivity contribution in [1.82, 2.24) is 14.5 Å². The first kappa shape index (κ1) is 15.9. The van der Waals surface area contributed by atoms with Crippen molar-refractivity contribution in [2.45, 2.75) is 13.5 Å². The molecule has 0 saturated carbocycles. The fraction of sp³-hybridized carbons (Fsp3) is 0.105. The maximum absolute atomic E-state index is 13.1. The largest absolute Gasteiger partial charge is 0.292 e. The van der Waals surface area contributed by atoms with E-state index in [0.717, 1.165) is 30.5 Å². The van der Waals surface area contributed by atoms with Crippen LogP contribution in [0.5, 0.6) is 0 Å². The van der Waals surface area contributed by atoms with E-state index in [0.29, 0.717) is 11.9 Å². The van der Waals surface area contributed by atoms with Crippen LogP contribution in [0.1, 0.15) is 9.88 Å². The molecule has 5 aromatic rings. The molecule has 0 bridgehead atoms. The Hall–Kier alpha value is -2.35. The van der Waals surface area contributed by atoms with Crippen molar-refractivity contribution in [3.05, 3.63) is 68.3 Å². The smallest absolute Gasteiger partial charge is 0.263 e. The number of thiophene rings is 2. The molecule has 7 heteroatoms. The van der Waals surface area contributed by atoms with Gasteiger partial charge in [-0.2, -0.15) is 0 Å². The van der Waals surface area contributed by atoms with Crippen molar-refractivity contribution < 1.29 is 0 Å². The van der Waals surface area contributed by atoms with Crippen LogP contribution in [-0.4, -0.2) is 14.5 Å². The van der Waals surface area contributed by atoms with Crippen LogP contribution in [0.2, 0.25) is 0 Å². The minimum Gasteiger partial charge on any atom is -0.292 e. The van der Waals surface area contributed by atoms with E-state index in [1.54, 1.807) is 33.6 Å². The van der Waals surface area contributed by atoms with Crippen molar-refractivity contribution in [1.29, 1.82) is 0 Å².